The molecule has 3 rings (SSSR count). The van der Waals surface area contributed by atoms with Gasteiger partial charge in [-0.3, -0.25) is 0 Å². The first kappa shape index (κ1) is 11.2. The SMILES string of the molecule is Cc1ccc(-c2nc(N)cc(C3CC3)n2)c(C)c1. The minimum absolute atomic E-state index is 0.571. The summed E-state index contributed by atoms with van der Waals surface area (Å²) in [5, 5.41) is 0. The fourth-order valence-electron chi connectivity index (χ4n) is 2.26. The predicted molar refractivity (Wildman–Crippen MR) is 73.3 cm³/mol. The van der Waals surface area contributed by atoms with Gasteiger partial charge in [-0.1, -0.05) is 23.8 Å². The second kappa shape index (κ2) is 4.09. The van der Waals surface area contributed by atoms with Crippen LogP contribution in [0.25, 0.3) is 11.4 Å². The van der Waals surface area contributed by atoms with Crippen LogP contribution in [0.1, 0.15) is 35.6 Å². The molecule has 0 spiro atoms. The van der Waals surface area contributed by atoms with Crippen molar-refractivity contribution in [2.45, 2.75) is 32.6 Å². The van der Waals surface area contributed by atoms with Crippen LogP contribution in [0.15, 0.2) is 24.3 Å². The molecule has 1 saturated carbocycles. The largest absolute Gasteiger partial charge is 0.384 e. The van der Waals surface area contributed by atoms with E-state index in [-0.39, 0.29) is 0 Å². The lowest BCUT2D eigenvalue weighted by molar-refractivity contribution is 0.997. The Kier molecular flexibility index (Phi) is 2.54. The van der Waals surface area contributed by atoms with Crippen molar-refractivity contribution in [2.24, 2.45) is 0 Å². The van der Waals surface area contributed by atoms with Gasteiger partial charge in [0.2, 0.25) is 0 Å². The van der Waals surface area contributed by atoms with E-state index in [9.17, 15) is 0 Å². The van der Waals surface area contributed by atoms with Crippen LogP contribution in [0.5, 0.6) is 0 Å². The molecule has 0 atom stereocenters. The van der Waals surface area contributed by atoms with Gasteiger partial charge >= 0.3 is 0 Å². The Hall–Kier alpha value is -1.90. The van der Waals surface area contributed by atoms with E-state index in [1.54, 1.807) is 0 Å². The third-order valence-electron chi connectivity index (χ3n) is 3.38. The van der Waals surface area contributed by atoms with Gasteiger partial charge < -0.3 is 5.73 Å². The number of aryl methyl sites for hydroxylation is 2. The summed E-state index contributed by atoms with van der Waals surface area (Å²) in [6.45, 7) is 4.18. The van der Waals surface area contributed by atoms with Crippen LogP contribution in [0.2, 0.25) is 0 Å². The highest BCUT2D eigenvalue weighted by molar-refractivity contribution is 5.62. The van der Waals surface area contributed by atoms with Gasteiger partial charge in [0.1, 0.15) is 5.82 Å². The maximum absolute atomic E-state index is 5.89. The molecule has 0 bridgehead atoms. The fourth-order valence-corrected chi connectivity index (χ4v) is 2.26. The molecule has 1 heterocycles. The molecule has 1 fully saturated rings. The van der Waals surface area contributed by atoms with Crippen LogP contribution in [-0.2, 0) is 0 Å². The number of hydrogen-bond donors (Lipinski definition) is 1. The summed E-state index contributed by atoms with van der Waals surface area (Å²) in [5.74, 6) is 1.93. The van der Waals surface area contributed by atoms with Crippen molar-refractivity contribution >= 4 is 5.82 Å². The Balaban J connectivity index is 2.10. The van der Waals surface area contributed by atoms with Gasteiger partial charge in [-0.15, -0.1) is 0 Å². The quantitative estimate of drug-likeness (QED) is 0.875. The summed E-state index contributed by atoms with van der Waals surface area (Å²) in [5.41, 5.74) is 10.5. The van der Waals surface area contributed by atoms with E-state index in [4.69, 9.17) is 5.73 Å². The van der Waals surface area contributed by atoms with Gasteiger partial charge in [-0.25, -0.2) is 9.97 Å². The molecule has 0 unspecified atom stereocenters. The molecule has 0 radical (unpaired) electrons. The van der Waals surface area contributed by atoms with Gasteiger partial charge in [0.15, 0.2) is 5.82 Å². The molecule has 0 saturated heterocycles. The molecule has 3 heteroatoms. The van der Waals surface area contributed by atoms with E-state index in [0.29, 0.717) is 11.7 Å². The lowest BCUT2D eigenvalue weighted by atomic mass is 10.1. The van der Waals surface area contributed by atoms with Gasteiger partial charge in [-0.2, -0.15) is 0 Å². The van der Waals surface area contributed by atoms with Crippen molar-refractivity contribution in [3.8, 4) is 11.4 Å². The minimum atomic E-state index is 0.571. The van der Waals surface area contributed by atoms with Crippen LogP contribution >= 0.6 is 0 Å². The molecule has 0 aliphatic heterocycles. The normalized spacial score (nSPS) is 14.8. The molecule has 0 amide bonds. The lowest BCUT2D eigenvalue weighted by Gasteiger charge is -2.08. The van der Waals surface area contributed by atoms with E-state index in [1.165, 1.54) is 24.0 Å². The highest BCUT2D eigenvalue weighted by Crippen LogP contribution is 2.40. The van der Waals surface area contributed by atoms with Crippen molar-refractivity contribution in [2.75, 3.05) is 5.73 Å². The summed E-state index contributed by atoms with van der Waals surface area (Å²) in [6.07, 6.45) is 2.45. The monoisotopic (exact) mass is 239 g/mol. The van der Waals surface area contributed by atoms with E-state index < -0.39 is 0 Å². The van der Waals surface area contributed by atoms with Crippen LogP contribution in [0.4, 0.5) is 5.82 Å². The Bertz CT molecular complexity index is 601. The molecule has 18 heavy (non-hydrogen) atoms. The van der Waals surface area contributed by atoms with Gasteiger partial charge in [0, 0.05) is 23.2 Å². The number of rotatable bonds is 2. The third-order valence-corrected chi connectivity index (χ3v) is 3.38. The van der Waals surface area contributed by atoms with Gasteiger partial charge in [0.05, 0.1) is 0 Å². The Morgan fingerprint density at radius 1 is 1.11 bits per heavy atom. The third kappa shape index (κ3) is 2.08. The molecule has 2 aromatic rings. The zero-order valence-electron chi connectivity index (χ0n) is 10.8. The molecule has 1 aliphatic rings. The average Bonchev–Trinajstić information content (AvgIpc) is 3.11. The number of nitrogens with zero attached hydrogens (tertiary/aromatic N) is 2. The molecule has 1 aromatic heterocycles. The fraction of sp³-hybridized carbons (Fsp3) is 0.333. The van der Waals surface area contributed by atoms with Crippen LogP contribution < -0.4 is 5.73 Å². The van der Waals surface area contributed by atoms with Crippen LogP contribution in [-0.4, -0.2) is 9.97 Å². The lowest BCUT2D eigenvalue weighted by Crippen LogP contribution is -2.00. The van der Waals surface area contributed by atoms with Crippen molar-refractivity contribution in [3.05, 3.63) is 41.1 Å². The van der Waals surface area contributed by atoms with Crippen molar-refractivity contribution in [1.82, 2.24) is 9.97 Å². The first-order valence-corrected chi connectivity index (χ1v) is 6.35. The summed E-state index contributed by atoms with van der Waals surface area (Å²) < 4.78 is 0. The van der Waals surface area contributed by atoms with Crippen molar-refractivity contribution in [3.63, 3.8) is 0 Å². The summed E-state index contributed by atoms with van der Waals surface area (Å²) in [7, 11) is 0. The van der Waals surface area contributed by atoms with Crippen LogP contribution in [0.3, 0.4) is 0 Å². The maximum atomic E-state index is 5.89. The van der Waals surface area contributed by atoms with Crippen LogP contribution in [0, 0.1) is 13.8 Å². The zero-order chi connectivity index (χ0) is 12.7. The zero-order valence-corrected chi connectivity index (χ0v) is 10.8. The molecule has 2 N–H and O–H groups in total. The Morgan fingerprint density at radius 2 is 1.89 bits per heavy atom. The number of nitrogens with two attached hydrogens (primary N) is 1. The number of aromatic nitrogens is 2. The molecule has 3 nitrogen and oxygen atoms in total. The summed E-state index contributed by atoms with van der Waals surface area (Å²) >= 11 is 0. The van der Waals surface area contributed by atoms with E-state index in [2.05, 4.69) is 42.0 Å². The number of anilines is 1. The summed E-state index contributed by atoms with van der Waals surface area (Å²) in [6, 6.07) is 8.23. The topological polar surface area (TPSA) is 51.8 Å². The van der Waals surface area contributed by atoms with E-state index in [0.717, 1.165) is 17.1 Å². The maximum Gasteiger partial charge on any atom is 0.162 e. The first-order valence-electron chi connectivity index (χ1n) is 6.35. The number of benzene rings is 1. The molecule has 1 aliphatic carbocycles. The predicted octanol–water partition coefficient (Wildman–Crippen LogP) is 3.22. The van der Waals surface area contributed by atoms with E-state index >= 15 is 0 Å². The second-order valence-corrected chi connectivity index (χ2v) is 5.13. The first-order chi connectivity index (χ1) is 8.63. The van der Waals surface area contributed by atoms with Gasteiger partial charge in [-0.05, 0) is 32.3 Å². The number of nitrogen functional groups attached to an aromatic ring is 1. The standard InChI is InChI=1S/C15H17N3/c1-9-3-6-12(10(2)7-9)15-17-13(11-4-5-11)8-14(16)18-15/h3,6-8,11H,4-5H2,1-2H3,(H2,16,17,18). The van der Waals surface area contributed by atoms with Crippen molar-refractivity contribution in [1.29, 1.82) is 0 Å². The highest BCUT2D eigenvalue weighted by atomic mass is 15.0. The molecular weight excluding hydrogens is 222 g/mol. The highest BCUT2D eigenvalue weighted by Gasteiger charge is 2.26. The smallest absolute Gasteiger partial charge is 0.162 e. The molecule has 1 aromatic carbocycles. The Labute approximate surface area is 107 Å². The van der Waals surface area contributed by atoms with Crippen molar-refractivity contribution < 1.29 is 0 Å². The molecule has 92 valence electrons. The summed E-state index contributed by atoms with van der Waals surface area (Å²) in [4.78, 5) is 9.04. The van der Waals surface area contributed by atoms with E-state index in [1.807, 2.05) is 6.07 Å². The minimum Gasteiger partial charge on any atom is -0.384 e. The Morgan fingerprint density at radius 3 is 2.56 bits per heavy atom. The average molecular weight is 239 g/mol. The second-order valence-electron chi connectivity index (χ2n) is 5.13. The van der Waals surface area contributed by atoms with Gasteiger partial charge in [0.25, 0.3) is 0 Å². The molecular formula is C15H17N3. The number of hydrogen-bond acceptors (Lipinski definition) is 3.